The van der Waals surface area contributed by atoms with Crippen molar-refractivity contribution in [3.63, 3.8) is 0 Å². The second-order valence-corrected chi connectivity index (χ2v) is 10.6. The lowest BCUT2D eigenvalue weighted by atomic mass is 10.0. The van der Waals surface area contributed by atoms with E-state index in [2.05, 4.69) is 21.6 Å². The van der Waals surface area contributed by atoms with Crippen LogP contribution in [0.4, 0.5) is 0 Å². The summed E-state index contributed by atoms with van der Waals surface area (Å²) >= 11 is 6.09. The van der Waals surface area contributed by atoms with Crippen LogP contribution in [-0.4, -0.2) is 58.6 Å². The zero-order valence-electron chi connectivity index (χ0n) is 20.3. The molecule has 8 heteroatoms. The second kappa shape index (κ2) is 9.49. The normalized spacial score (nSPS) is 16.3. The number of primary amides is 1. The van der Waals surface area contributed by atoms with Crippen molar-refractivity contribution in [3.8, 4) is 5.75 Å². The number of Topliss-reactive ketones (excluding diaryl/α,β-unsaturated/α-hetero) is 1. The van der Waals surface area contributed by atoms with E-state index in [0.717, 1.165) is 34.8 Å². The predicted octanol–water partition coefficient (Wildman–Crippen LogP) is 4.36. The number of ketones is 1. The number of hydrogen-bond donors (Lipinski definition) is 2. The Morgan fingerprint density at radius 3 is 2.54 bits per heavy atom. The Bertz CT molecular complexity index is 1540. The Hall–Kier alpha value is -3.39. The van der Waals surface area contributed by atoms with Gasteiger partial charge in [0.05, 0.1) is 11.7 Å². The van der Waals surface area contributed by atoms with E-state index in [1.54, 1.807) is 24.3 Å². The highest BCUT2D eigenvalue weighted by Gasteiger charge is 2.26. The van der Waals surface area contributed by atoms with Crippen LogP contribution in [0.25, 0.3) is 21.7 Å². The van der Waals surface area contributed by atoms with Crippen LogP contribution in [0, 0.1) is 0 Å². The molecule has 1 saturated carbocycles. The average Bonchev–Trinajstić information content (AvgIpc) is 3.65. The Morgan fingerprint density at radius 2 is 1.81 bits per heavy atom. The Kier molecular flexibility index (Phi) is 6.15. The second-order valence-electron chi connectivity index (χ2n) is 10.1. The monoisotopic (exact) mass is 517 g/mol. The fraction of sp³-hybridized carbons (Fsp3) is 0.310. The number of ether oxygens (including phenoxy) is 1. The molecule has 0 spiro atoms. The summed E-state index contributed by atoms with van der Waals surface area (Å²) in [5.41, 5.74) is 8.75. The molecular formula is C29H28ClN3O4. The summed E-state index contributed by atoms with van der Waals surface area (Å²) in [7, 11) is 0. The molecule has 37 heavy (non-hydrogen) atoms. The molecule has 0 radical (unpaired) electrons. The molecule has 2 aliphatic rings. The minimum absolute atomic E-state index is 0.172. The molecule has 7 nitrogen and oxygen atoms in total. The average molecular weight is 518 g/mol. The summed E-state index contributed by atoms with van der Waals surface area (Å²) in [6, 6.07) is 15.1. The van der Waals surface area contributed by atoms with Gasteiger partial charge < -0.3 is 20.1 Å². The number of nitrogens with zero attached hydrogens (tertiary/aromatic N) is 2. The number of rotatable bonds is 9. The van der Waals surface area contributed by atoms with Crippen molar-refractivity contribution in [2.45, 2.75) is 31.4 Å². The molecule has 1 aromatic heterocycles. The van der Waals surface area contributed by atoms with Crippen LogP contribution in [0.15, 0.2) is 54.7 Å². The number of aliphatic hydroxyl groups excluding tert-OH is 1. The molecule has 3 N–H and O–H groups in total. The van der Waals surface area contributed by atoms with E-state index < -0.39 is 5.91 Å². The number of likely N-dealkylation sites (tertiary alicyclic amines) is 1. The lowest BCUT2D eigenvalue weighted by molar-refractivity contribution is 0.000715. The number of β-amino-alcohol motifs (C(OH)–C–C–N with tert-alkyl or cyclic N) is 1. The third kappa shape index (κ3) is 4.82. The van der Waals surface area contributed by atoms with E-state index in [4.69, 9.17) is 22.1 Å². The van der Waals surface area contributed by atoms with Gasteiger partial charge in [-0.25, -0.2) is 0 Å². The van der Waals surface area contributed by atoms with Crippen molar-refractivity contribution in [2.75, 3.05) is 26.2 Å². The molecule has 190 valence electrons. The van der Waals surface area contributed by atoms with Gasteiger partial charge in [0.1, 0.15) is 5.75 Å². The first kappa shape index (κ1) is 24.0. The number of carbonyl (C=O) groups excluding carboxylic acids is 2. The van der Waals surface area contributed by atoms with Crippen molar-refractivity contribution in [1.29, 1.82) is 0 Å². The van der Waals surface area contributed by atoms with E-state index >= 15 is 0 Å². The number of hydrogen-bond acceptors (Lipinski definition) is 5. The van der Waals surface area contributed by atoms with Crippen molar-refractivity contribution >= 4 is 45.0 Å². The smallest absolute Gasteiger partial charge is 0.252 e. The number of aliphatic hydroxyl groups is 1. The number of halogens is 1. The molecule has 1 saturated heterocycles. The minimum atomic E-state index is -0.635. The van der Waals surface area contributed by atoms with Crippen molar-refractivity contribution in [2.24, 2.45) is 5.73 Å². The van der Waals surface area contributed by atoms with Crippen molar-refractivity contribution in [1.82, 2.24) is 9.47 Å². The van der Waals surface area contributed by atoms with Gasteiger partial charge in [0.25, 0.3) is 5.91 Å². The molecule has 2 heterocycles. The van der Waals surface area contributed by atoms with Crippen molar-refractivity contribution in [3.05, 3.63) is 76.4 Å². The zero-order chi connectivity index (χ0) is 25.7. The van der Waals surface area contributed by atoms with Crippen LogP contribution >= 0.6 is 11.6 Å². The van der Waals surface area contributed by atoms with Crippen LogP contribution in [0.1, 0.15) is 45.0 Å². The van der Waals surface area contributed by atoms with Gasteiger partial charge in [-0.3, -0.25) is 14.5 Å². The van der Waals surface area contributed by atoms with E-state index in [1.807, 2.05) is 18.3 Å². The molecule has 0 atom stereocenters. The molecule has 6 rings (SSSR count). The van der Waals surface area contributed by atoms with Crippen LogP contribution in [0.5, 0.6) is 5.75 Å². The van der Waals surface area contributed by atoms with Crippen LogP contribution < -0.4 is 10.5 Å². The van der Waals surface area contributed by atoms with E-state index in [0.29, 0.717) is 29.6 Å². The van der Waals surface area contributed by atoms with Gasteiger partial charge in [0.15, 0.2) is 6.61 Å². The van der Waals surface area contributed by atoms with Gasteiger partial charge in [0, 0.05) is 53.9 Å². The van der Waals surface area contributed by atoms with Crippen LogP contribution in [0.3, 0.4) is 0 Å². The summed E-state index contributed by atoms with van der Waals surface area (Å²) in [5.74, 6) is 0.0705. The van der Waals surface area contributed by atoms with E-state index in [9.17, 15) is 14.7 Å². The van der Waals surface area contributed by atoms with Gasteiger partial charge in [-0.15, -0.1) is 0 Å². The van der Waals surface area contributed by atoms with E-state index in [-0.39, 0.29) is 29.8 Å². The zero-order valence-corrected chi connectivity index (χ0v) is 21.1. The number of nitrogens with two attached hydrogens (primary N) is 1. The fourth-order valence-corrected chi connectivity index (χ4v) is 5.32. The quantitative estimate of drug-likeness (QED) is 0.321. The molecule has 1 aliphatic carbocycles. The molecule has 1 aliphatic heterocycles. The summed E-state index contributed by atoms with van der Waals surface area (Å²) in [4.78, 5) is 27.7. The third-order valence-corrected chi connectivity index (χ3v) is 7.61. The lowest BCUT2D eigenvalue weighted by Gasteiger charge is -2.35. The maximum Gasteiger partial charge on any atom is 0.252 e. The number of carbonyl (C=O) groups is 2. The summed E-state index contributed by atoms with van der Waals surface area (Å²) in [6.07, 6.45) is 4.07. The molecule has 4 aromatic rings. The lowest BCUT2D eigenvalue weighted by Crippen LogP contribution is -2.51. The SMILES string of the molecule is NC(=O)c1cc2cc(Cl)ccc2cc1OCC(=O)c1cn(CCN2CC(O)C2)c2cc(C3CC3)ccc12. The highest BCUT2D eigenvalue weighted by Crippen LogP contribution is 2.41. The maximum atomic E-state index is 13.4. The Morgan fingerprint density at radius 1 is 1.00 bits per heavy atom. The Balaban J connectivity index is 1.27. The van der Waals surface area contributed by atoms with E-state index in [1.165, 1.54) is 18.4 Å². The topological polar surface area (TPSA) is 97.8 Å². The Labute approximate surface area is 219 Å². The number of benzene rings is 3. The van der Waals surface area contributed by atoms with Crippen LogP contribution in [-0.2, 0) is 6.54 Å². The minimum Gasteiger partial charge on any atom is -0.485 e. The highest BCUT2D eigenvalue weighted by atomic mass is 35.5. The molecule has 0 unspecified atom stereocenters. The number of fused-ring (bicyclic) bond motifs is 2. The standard InChI is InChI=1S/C29H28ClN3O4/c30-21-5-3-19-12-28(24(29(31)36)10-20(19)9-21)37-16-27(35)25-15-33(8-7-32-13-22(34)14-32)26-11-18(17-1-2-17)4-6-23(25)26/h3-6,9-12,15,17,22,34H,1-2,7-8,13-14,16H2,(H2,31,36). The first-order valence-electron chi connectivity index (χ1n) is 12.6. The molecule has 1 amide bonds. The molecule has 0 bridgehead atoms. The maximum absolute atomic E-state index is 13.4. The summed E-state index contributed by atoms with van der Waals surface area (Å²) < 4.78 is 8.02. The van der Waals surface area contributed by atoms with Crippen molar-refractivity contribution < 1.29 is 19.4 Å². The third-order valence-electron chi connectivity index (χ3n) is 7.38. The highest BCUT2D eigenvalue weighted by molar-refractivity contribution is 6.31. The van der Waals surface area contributed by atoms with Crippen LogP contribution in [0.2, 0.25) is 5.02 Å². The summed E-state index contributed by atoms with van der Waals surface area (Å²) in [5, 5.41) is 12.7. The van der Waals surface area contributed by atoms with Gasteiger partial charge in [-0.1, -0.05) is 29.8 Å². The first-order valence-corrected chi connectivity index (χ1v) is 13.0. The largest absolute Gasteiger partial charge is 0.485 e. The molecular weight excluding hydrogens is 490 g/mol. The van der Waals surface area contributed by atoms with Gasteiger partial charge in [0.2, 0.25) is 5.78 Å². The molecule has 3 aromatic carbocycles. The first-order chi connectivity index (χ1) is 17.9. The molecule has 2 fully saturated rings. The van der Waals surface area contributed by atoms with Gasteiger partial charge >= 0.3 is 0 Å². The number of amides is 1. The van der Waals surface area contributed by atoms with Gasteiger partial charge in [-0.2, -0.15) is 0 Å². The number of aromatic nitrogens is 1. The summed E-state index contributed by atoms with van der Waals surface area (Å²) in [6.45, 7) is 2.69. The van der Waals surface area contributed by atoms with Gasteiger partial charge in [-0.05, 0) is 65.4 Å². The fourth-order valence-electron chi connectivity index (χ4n) is 5.14. The predicted molar refractivity (Wildman–Crippen MR) is 144 cm³/mol.